The van der Waals surface area contributed by atoms with Gasteiger partial charge in [-0.15, -0.1) is 0 Å². The molecule has 50 heavy (non-hydrogen) atoms. The second-order valence-electron chi connectivity index (χ2n) is 12.7. The predicted molar refractivity (Wildman–Crippen MR) is 191 cm³/mol. The molecular formula is C36H40Cl2N8O4. The van der Waals surface area contributed by atoms with E-state index >= 15 is 0 Å². The Kier molecular flexibility index (Phi) is 10.7. The Balaban J connectivity index is 1.07. The normalized spacial score (nSPS) is 18.6. The molecule has 0 aliphatic carbocycles. The zero-order valence-corrected chi connectivity index (χ0v) is 29.6. The fourth-order valence-electron chi connectivity index (χ4n) is 6.74. The van der Waals surface area contributed by atoms with E-state index in [1.54, 1.807) is 26.6 Å². The standard InChI is InChI=1S/C36H40Cl2N8O4/c1-48-35-30(16-39-15-22-9-10-32(47)42-22)40-17-28(43-35)26-7-3-5-24(33(26)37)25-6-4-8-27(34(25)38)29-18-41-31(36(44-29)49-2)21-45-19-23(20-45)46-11-13-50-14-12-46/h3-8,17-18,22-23,39H,9-16,19-21H2,1-2H3,(H,42,47)/t22-/m0/s1. The van der Waals surface area contributed by atoms with Gasteiger partial charge in [0.2, 0.25) is 17.7 Å². The first-order chi connectivity index (χ1) is 24.4. The third kappa shape index (κ3) is 7.41. The average molecular weight is 720 g/mol. The minimum Gasteiger partial charge on any atom is -0.480 e. The van der Waals surface area contributed by atoms with Crippen molar-refractivity contribution < 1.29 is 19.0 Å². The van der Waals surface area contributed by atoms with Crippen molar-refractivity contribution in [2.45, 2.75) is 38.0 Å². The number of carbonyl (C=O) groups is 1. The van der Waals surface area contributed by atoms with Crippen molar-refractivity contribution in [3.63, 3.8) is 0 Å². The first-order valence-electron chi connectivity index (χ1n) is 16.8. The summed E-state index contributed by atoms with van der Waals surface area (Å²) in [6.45, 7) is 7.32. The number of nitrogens with one attached hydrogen (secondary N) is 2. The minimum atomic E-state index is 0.0874. The van der Waals surface area contributed by atoms with Gasteiger partial charge in [0, 0.05) is 86.6 Å². The Hall–Kier alpha value is -3.91. The molecule has 3 aliphatic heterocycles. The maximum Gasteiger partial charge on any atom is 0.237 e. The minimum absolute atomic E-state index is 0.0874. The zero-order valence-electron chi connectivity index (χ0n) is 28.1. The Morgan fingerprint density at radius 2 is 1.46 bits per heavy atom. The predicted octanol–water partition coefficient (Wildman–Crippen LogP) is 4.48. The number of carbonyl (C=O) groups excluding carboxylic acids is 1. The van der Waals surface area contributed by atoms with Crippen LogP contribution in [-0.4, -0.2) is 108 Å². The number of hydrogen-bond acceptors (Lipinski definition) is 11. The molecule has 3 saturated heterocycles. The lowest BCUT2D eigenvalue weighted by Crippen LogP contribution is -2.60. The van der Waals surface area contributed by atoms with Crippen molar-refractivity contribution in [1.29, 1.82) is 0 Å². The van der Waals surface area contributed by atoms with Crippen LogP contribution in [0.15, 0.2) is 48.8 Å². The number of morpholine rings is 1. The molecule has 262 valence electrons. The zero-order chi connectivity index (χ0) is 34.6. The Morgan fingerprint density at radius 3 is 2.04 bits per heavy atom. The SMILES string of the molecule is COc1nc(-c2cccc(-c3cccc(-c4cnc(CN5CC(N6CCOCC6)C5)c(OC)n4)c3Cl)c2Cl)cnc1CNC[C@@H]1CCC(=O)N1. The van der Waals surface area contributed by atoms with Gasteiger partial charge in [-0.1, -0.05) is 59.6 Å². The van der Waals surface area contributed by atoms with Gasteiger partial charge in [-0.05, 0) is 6.42 Å². The van der Waals surface area contributed by atoms with Crippen LogP contribution in [0.2, 0.25) is 10.0 Å². The van der Waals surface area contributed by atoms with Gasteiger partial charge in [-0.2, -0.15) is 0 Å². The van der Waals surface area contributed by atoms with Crippen molar-refractivity contribution in [1.82, 2.24) is 40.4 Å². The first-order valence-corrected chi connectivity index (χ1v) is 17.6. The molecule has 3 fully saturated rings. The van der Waals surface area contributed by atoms with E-state index in [1.165, 1.54) is 0 Å². The molecule has 1 amide bonds. The highest BCUT2D eigenvalue weighted by Crippen LogP contribution is 2.42. The Bertz CT molecular complexity index is 1850. The van der Waals surface area contributed by atoms with E-state index in [0.29, 0.717) is 76.5 Å². The van der Waals surface area contributed by atoms with Gasteiger partial charge in [0.05, 0.1) is 61.3 Å². The molecule has 5 heterocycles. The van der Waals surface area contributed by atoms with Gasteiger partial charge >= 0.3 is 0 Å². The molecular weight excluding hydrogens is 679 g/mol. The monoisotopic (exact) mass is 718 g/mol. The summed E-state index contributed by atoms with van der Waals surface area (Å²) >= 11 is 14.2. The highest BCUT2D eigenvalue weighted by Gasteiger charge is 2.33. The Morgan fingerprint density at radius 1 is 0.880 bits per heavy atom. The topological polar surface area (TPSA) is 127 Å². The number of benzene rings is 2. The summed E-state index contributed by atoms with van der Waals surface area (Å²) in [7, 11) is 3.18. The van der Waals surface area contributed by atoms with E-state index in [4.69, 9.17) is 52.4 Å². The lowest BCUT2D eigenvalue weighted by Gasteiger charge is -2.46. The van der Waals surface area contributed by atoms with Crippen molar-refractivity contribution in [2.75, 3.05) is 60.2 Å². The van der Waals surface area contributed by atoms with Crippen molar-refractivity contribution in [3.05, 3.63) is 70.2 Å². The number of nitrogens with zero attached hydrogens (tertiary/aromatic N) is 6. The van der Waals surface area contributed by atoms with Gasteiger partial charge in [0.15, 0.2) is 0 Å². The van der Waals surface area contributed by atoms with Gasteiger partial charge < -0.3 is 24.8 Å². The summed E-state index contributed by atoms with van der Waals surface area (Å²) in [5.41, 5.74) is 5.52. The van der Waals surface area contributed by atoms with Crippen LogP contribution >= 0.6 is 23.2 Å². The fourth-order valence-corrected chi connectivity index (χ4v) is 7.39. The summed E-state index contributed by atoms with van der Waals surface area (Å²) in [4.78, 5) is 35.3. The molecule has 12 nitrogen and oxygen atoms in total. The van der Waals surface area contributed by atoms with Crippen LogP contribution in [-0.2, 0) is 22.6 Å². The van der Waals surface area contributed by atoms with Crippen LogP contribution in [0.1, 0.15) is 24.2 Å². The molecule has 7 rings (SSSR count). The maximum atomic E-state index is 11.5. The molecule has 2 aromatic carbocycles. The third-order valence-corrected chi connectivity index (χ3v) is 10.3. The van der Waals surface area contributed by atoms with Crippen LogP contribution in [0, 0.1) is 0 Å². The number of hydrogen-bond donors (Lipinski definition) is 2. The molecule has 0 spiro atoms. The molecule has 4 aromatic rings. The van der Waals surface area contributed by atoms with Crippen molar-refractivity contribution in [3.8, 4) is 45.4 Å². The molecule has 2 aromatic heterocycles. The average Bonchev–Trinajstić information content (AvgIpc) is 3.55. The second-order valence-corrected chi connectivity index (χ2v) is 13.4. The Labute approximate surface area is 301 Å². The highest BCUT2D eigenvalue weighted by molar-refractivity contribution is 6.39. The number of likely N-dealkylation sites (tertiary alicyclic amines) is 1. The van der Waals surface area contributed by atoms with Crippen molar-refractivity contribution >= 4 is 29.1 Å². The molecule has 14 heteroatoms. The number of methoxy groups -OCH3 is 2. The first kappa shape index (κ1) is 34.5. The summed E-state index contributed by atoms with van der Waals surface area (Å²) < 4.78 is 16.8. The van der Waals surface area contributed by atoms with E-state index in [2.05, 4.69) is 25.4 Å². The summed E-state index contributed by atoms with van der Waals surface area (Å²) in [6, 6.07) is 12.2. The number of ether oxygens (including phenoxy) is 3. The van der Waals surface area contributed by atoms with E-state index < -0.39 is 0 Å². The lowest BCUT2D eigenvalue weighted by atomic mass is 9.98. The number of aromatic nitrogens is 4. The molecule has 0 saturated carbocycles. The van der Waals surface area contributed by atoms with Gasteiger partial charge in [-0.3, -0.25) is 24.6 Å². The quantitative estimate of drug-likeness (QED) is 0.215. The number of rotatable bonds is 12. The van der Waals surface area contributed by atoms with Gasteiger partial charge in [-0.25, -0.2) is 9.97 Å². The highest BCUT2D eigenvalue weighted by atomic mass is 35.5. The van der Waals surface area contributed by atoms with E-state index in [1.807, 2.05) is 36.4 Å². The van der Waals surface area contributed by atoms with Crippen LogP contribution in [0.3, 0.4) is 0 Å². The maximum absolute atomic E-state index is 11.5. The van der Waals surface area contributed by atoms with Gasteiger partial charge in [0.1, 0.15) is 11.4 Å². The lowest BCUT2D eigenvalue weighted by molar-refractivity contribution is -0.119. The molecule has 0 unspecified atom stereocenters. The van der Waals surface area contributed by atoms with E-state index in [9.17, 15) is 4.79 Å². The van der Waals surface area contributed by atoms with E-state index in [-0.39, 0.29) is 11.9 Å². The van der Waals surface area contributed by atoms with Crippen LogP contribution in [0.5, 0.6) is 11.8 Å². The fraction of sp³-hybridized carbons (Fsp3) is 0.417. The van der Waals surface area contributed by atoms with Gasteiger partial charge in [0.25, 0.3) is 0 Å². The molecule has 0 bridgehead atoms. The number of amides is 1. The smallest absolute Gasteiger partial charge is 0.237 e. The van der Waals surface area contributed by atoms with Crippen LogP contribution < -0.4 is 20.1 Å². The van der Waals surface area contributed by atoms with E-state index in [0.717, 1.165) is 68.2 Å². The molecule has 3 aliphatic rings. The number of halogens is 2. The molecule has 1 atom stereocenters. The van der Waals surface area contributed by atoms with Crippen molar-refractivity contribution in [2.24, 2.45) is 0 Å². The molecule has 2 N–H and O–H groups in total. The summed E-state index contributed by atoms with van der Waals surface area (Å²) in [5, 5.41) is 7.27. The second kappa shape index (κ2) is 15.5. The molecule has 0 radical (unpaired) electrons. The van der Waals surface area contributed by atoms with Crippen LogP contribution in [0.25, 0.3) is 33.6 Å². The largest absolute Gasteiger partial charge is 0.480 e. The third-order valence-electron chi connectivity index (χ3n) is 9.49. The summed E-state index contributed by atoms with van der Waals surface area (Å²) in [5.74, 6) is 0.966. The summed E-state index contributed by atoms with van der Waals surface area (Å²) in [6.07, 6.45) is 4.82. The van der Waals surface area contributed by atoms with Crippen LogP contribution in [0.4, 0.5) is 0 Å².